The molecule has 1 heterocycles. The van der Waals surface area contributed by atoms with Crippen molar-refractivity contribution < 1.29 is 4.42 Å². The number of nitriles is 1. The summed E-state index contributed by atoms with van der Waals surface area (Å²) in [5.74, 6) is 0.781. The normalized spacial score (nSPS) is 9.94. The summed E-state index contributed by atoms with van der Waals surface area (Å²) >= 11 is 9.39. The van der Waals surface area contributed by atoms with Crippen LogP contribution in [0.1, 0.15) is 11.3 Å². The van der Waals surface area contributed by atoms with Gasteiger partial charge in [-0.25, -0.2) is 0 Å². The molecule has 86 valence electrons. The van der Waals surface area contributed by atoms with Crippen LogP contribution in [0, 0.1) is 11.3 Å². The summed E-state index contributed by atoms with van der Waals surface area (Å²) in [4.78, 5) is 0. The predicted molar refractivity (Wildman–Crippen MR) is 69.9 cm³/mol. The highest BCUT2D eigenvalue weighted by Gasteiger charge is 2.05. The highest BCUT2D eigenvalue weighted by molar-refractivity contribution is 9.10. The molecule has 0 aliphatic heterocycles. The molecule has 0 saturated carbocycles. The number of anilines is 1. The monoisotopic (exact) mass is 310 g/mol. The van der Waals surface area contributed by atoms with Gasteiger partial charge in [-0.05, 0) is 40.2 Å². The van der Waals surface area contributed by atoms with Gasteiger partial charge in [0.05, 0.1) is 39.6 Å². The van der Waals surface area contributed by atoms with Gasteiger partial charge in [0.2, 0.25) is 0 Å². The number of hydrogen-bond acceptors (Lipinski definition) is 3. The summed E-state index contributed by atoms with van der Waals surface area (Å²) in [7, 11) is 0. The lowest BCUT2D eigenvalue weighted by atomic mass is 10.2. The van der Waals surface area contributed by atoms with Gasteiger partial charge in [0.15, 0.2) is 0 Å². The van der Waals surface area contributed by atoms with Crippen molar-refractivity contribution in [3.05, 3.63) is 51.3 Å². The Morgan fingerprint density at radius 3 is 2.88 bits per heavy atom. The zero-order valence-electron chi connectivity index (χ0n) is 8.71. The summed E-state index contributed by atoms with van der Waals surface area (Å²) in [6, 6.07) is 8.97. The van der Waals surface area contributed by atoms with Crippen LogP contribution >= 0.6 is 27.5 Å². The van der Waals surface area contributed by atoms with Gasteiger partial charge in [-0.1, -0.05) is 11.6 Å². The molecule has 1 aromatic carbocycles. The topological polar surface area (TPSA) is 49.0 Å². The van der Waals surface area contributed by atoms with Crippen LogP contribution in [0.2, 0.25) is 5.02 Å². The SMILES string of the molecule is N#Cc1ccc(Cl)c(NCc2occc2Br)c1. The van der Waals surface area contributed by atoms with Crippen molar-refractivity contribution in [2.75, 3.05) is 5.32 Å². The second-order valence-corrected chi connectivity index (χ2v) is 4.61. The van der Waals surface area contributed by atoms with E-state index in [1.165, 1.54) is 0 Å². The van der Waals surface area contributed by atoms with Gasteiger partial charge < -0.3 is 9.73 Å². The Morgan fingerprint density at radius 2 is 2.24 bits per heavy atom. The smallest absolute Gasteiger partial charge is 0.136 e. The van der Waals surface area contributed by atoms with Crippen LogP contribution in [0.25, 0.3) is 0 Å². The zero-order chi connectivity index (χ0) is 12.3. The molecule has 0 amide bonds. The van der Waals surface area contributed by atoms with E-state index in [9.17, 15) is 0 Å². The molecule has 1 N–H and O–H groups in total. The average molecular weight is 312 g/mol. The van der Waals surface area contributed by atoms with Crippen LogP contribution in [-0.2, 0) is 6.54 Å². The summed E-state index contributed by atoms with van der Waals surface area (Å²) in [6.45, 7) is 0.502. The number of furan rings is 1. The van der Waals surface area contributed by atoms with E-state index < -0.39 is 0 Å². The number of nitrogens with zero attached hydrogens (tertiary/aromatic N) is 1. The first kappa shape index (κ1) is 12.0. The molecule has 2 rings (SSSR count). The molecule has 0 saturated heterocycles. The Labute approximate surface area is 112 Å². The molecule has 0 spiro atoms. The fourth-order valence-corrected chi connectivity index (χ4v) is 1.88. The molecule has 0 fully saturated rings. The summed E-state index contributed by atoms with van der Waals surface area (Å²) < 4.78 is 6.17. The molecular formula is C12H8BrClN2O. The minimum Gasteiger partial charge on any atom is -0.466 e. The van der Waals surface area contributed by atoms with Crippen LogP contribution < -0.4 is 5.32 Å². The Hall–Kier alpha value is -1.44. The largest absolute Gasteiger partial charge is 0.466 e. The molecule has 0 unspecified atom stereocenters. The molecule has 3 nitrogen and oxygen atoms in total. The molecule has 0 radical (unpaired) electrons. The number of halogens is 2. The Kier molecular flexibility index (Phi) is 3.72. The first-order valence-electron chi connectivity index (χ1n) is 4.86. The van der Waals surface area contributed by atoms with Crippen LogP contribution in [0.4, 0.5) is 5.69 Å². The molecule has 2 aromatic rings. The van der Waals surface area contributed by atoms with E-state index in [1.807, 2.05) is 6.07 Å². The fourth-order valence-electron chi connectivity index (χ4n) is 1.36. The average Bonchev–Trinajstić information content (AvgIpc) is 2.74. The molecule has 1 aromatic heterocycles. The third-order valence-corrected chi connectivity index (χ3v) is 3.26. The predicted octanol–water partition coefficient (Wildman–Crippen LogP) is 4.18. The third kappa shape index (κ3) is 2.82. The van der Waals surface area contributed by atoms with Crippen molar-refractivity contribution in [2.45, 2.75) is 6.54 Å². The van der Waals surface area contributed by atoms with Crippen molar-refractivity contribution >= 4 is 33.2 Å². The van der Waals surface area contributed by atoms with Gasteiger partial charge in [-0.15, -0.1) is 0 Å². The fraction of sp³-hybridized carbons (Fsp3) is 0.0833. The lowest BCUT2D eigenvalue weighted by Crippen LogP contribution is -1.99. The lowest BCUT2D eigenvalue weighted by molar-refractivity contribution is 0.516. The molecule has 0 atom stereocenters. The number of rotatable bonds is 3. The summed E-state index contributed by atoms with van der Waals surface area (Å²) in [6.07, 6.45) is 1.61. The maximum absolute atomic E-state index is 8.80. The van der Waals surface area contributed by atoms with Gasteiger partial charge in [-0.3, -0.25) is 0 Å². The Balaban J connectivity index is 2.14. The van der Waals surface area contributed by atoms with E-state index in [0.717, 1.165) is 10.2 Å². The van der Waals surface area contributed by atoms with Gasteiger partial charge in [0.25, 0.3) is 0 Å². The van der Waals surface area contributed by atoms with Gasteiger partial charge in [-0.2, -0.15) is 5.26 Å². The minimum atomic E-state index is 0.502. The Bertz CT molecular complexity index is 574. The standard InChI is InChI=1S/C12H8BrClN2O/c13-9-3-4-17-12(9)7-16-11-5-8(6-15)1-2-10(11)14/h1-5,16H,7H2. The molecule has 0 aliphatic rings. The lowest BCUT2D eigenvalue weighted by Gasteiger charge is -2.07. The van der Waals surface area contributed by atoms with Crippen molar-refractivity contribution in [2.24, 2.45) is 0 Å². The third-order valence-electron chi connectivity index (χ3n) is 2.23. The zero-order valence-corrected chi connectivity index (χ0v) is 11.0. The molecule has 0 aliphatic carbocycles. The van der Waals surface area contributed by atoms with Crippen LogP contribution in [-0.4, -0.2) is 0 Å². The van der Waals surface area contributed by atoms with Crippen LogP contribution in [0.15, 0.2) is 39.4 Å². The van der Waals surface area contributed by atoms with Crippen LogP contribution in [0.3, 0.4) is 0 Å². The highest BCUT2D eigenvalue weighted by Crippen LogP contribution is 2.25. The van der Waals surface area contributed by atoms with Crippen molar-refractivity contribution in [1.82, 2.24) is 0 Å². The van der Waals surface area contributed by atoms with Gasteiger partial charge >= 0.3 is 0 Å². The van der Waals surface area contributed by atoms with Crippen molar-refractivity contribution in [3.63, 3.8) is 0 Å². The van der Waals surface area contributed by atoms with Gasteiger partial charge in [0, 0.05) is 0 Å². The number of hydrogen-bond donors (Lipinski definition) is 1. The van der Waals surface area contributed by atoms with E-state index in [0.29, 0.717) is 22.8 Å². The number of benzene rings is 1. The Morgan fingerprint density at radius 1 is 1.41 bits per heavy atom. The van der Waals surface area contributed by atoms with E-state index in [4.69, 9.17) is 21.3 Å². The van der Waals surface area contributed by atoms with E-state index in [-0.39, 0.29) is 0 Å². The molecular weight excluding hydrogens is 304 g/mol. The second kappa shape index (κ2) is 5.26. The summed E-state index contributed by atoms with van der Waals surface area (Å²) in [5.41, 5.74) is 1.28. The molecule has 17 heavy (non-hydrogen) atoms. The maximum Gasteiger partial charge on any atom is 0.136 e. The first-order chi connectivity index (χ1) is 8.20. The van der Waals surface area contributed by atoms with Crippen LogP contribution in [0.5, 0.6) is 0 Å². The molecule has 5 heteroatoms. The van der Waals surface area contributed by atoms with E-state index in [1.54, 1.807) is 24.5 Å². The number of nitrogens with one attached hydrogen (secondary N) is 1. The second-order valence-electron chi connectivity index (χ2n) is 3.35. The molecule has 0 bridgehead atoms. The van der Waals surface area contributed by atoms with E-state index >= 15 is 0 Å². The van der Waals surface area contributed by atoms with Crippen molar-refractivity contribution in [3.8, 4) is 6.07 Å². The highest BCUT2D eigenvalue weighted by atomic mass is 79.9. The minimum absolute atomic E-state index is 0.502. The first-order valence-corrected chi connectivity index (χ1v) is 6.03. The quantitative estimate of drug-likeness (QED) is 0.925. The van der Waals surface area contributed by atoms with E-state index in [2.05, 4.69) is 27.3 Å². The maximum atomic E-state index is 8.80. The van der Waals surface area contributed by atoms with Crippen molar-refractivity contribution in [1.29, 1.82) is 5.26 Å². The van der Waals surface area contributed by atoms with Gasteiger partial charge in [0.1, 0.15) is 5.76 Å². The summed E-state index contributed by atoms with van der Waals surface area (Å²) in [5, 5.41) is 12.5.